The first-order valence-electron chi connectivity index (χ1n) is 5.59. The molecule has 0 amide bonds. The lowest BCUT2D eigenvalue weighted by atomic mass is 10.3. The first-order valence-corrected chi connectivity index (χ1v) is 6.79. The van der Waals surface area contributed by atoms with Crippen LogP contribution in [0.15, 0.2) is 18.2 Å². The first-order chi connectivity index (χ1) is 7.81. The molecule has 1 fully saturated rings. The molecule has 0 saturated heterocycles. The number of hydrogen-bond donors (Lipinski definition) is 1. The van der Waals surface area contributed by atoms with Crippen LogP contribution >= 0.6 is 22.9 Å². The molecule has 4 heteroatoms. The van der Waals surface area contributed by atoms with Crippen molar-refractivity contribution in [3.05, 3.63) is 28.2 Å². The maximum absolute atomic E-state index is 5.95. The number of nitrogens with zero attached hydrogens (tertiary/aromatic N) is 1. The lowest BCUT2D eigenvalue weighted by molar-refractivity contribution is 0.681. The Morgan fingerprint density at radius 1 is 1.44 bits per heavy atom. The number of nitrogens with one attached hydrogen (secondary N) is 1. The highest BCUT2D eigenvalue weighted by Gasteiger charge is 2.19. The summed E-state index contributed by atoms with van der Waals surface area (Å²) in [6, 6.07) is 6.66. The summed E-state index contributed by atoms with van der Waals surface area (Å²) in [6.45, 7) is 1.04. The van der Waals surface area contributed by atoms with E-state index in [9.17, 15) is 0 Å². The van der Waals surface area contributed by atoms with Crippen molar-refractivity contribution in [1.82, 2.24) is 10.3 Å². The number of hydrogen-bond acceptors (Lipinski definition) is 3. The standard InChI is InChI=1S/C12H13ClN2S/c13-8-1-4-10-11(7-8)16-12(15-10)5-6-14-9-2-3-9/h1,4,7,9,14H,2-3,5-6H2. The van der Waals surface area contributed by atoms with Crippen LogP contribution in [0.2, 0.25) is 5.02 Å². The second-order valence-electron chi connectivity index (χ2n) is 4.20. The molecule has 0 spiro atoms. The van der Waals surface area contributed by atoms with Gasteiger partial charge in [-0.25, -0.2) is 4.98 Å². The highest BCUT2D eigenvalue weighted by molar-refractivity contribution is 7.18. The summed E-state index contributed by atoms with van der Waals surface area (Å²) in [4.78, 5) is 4.59. The fourth-order valence-corrected chi connectivity index (χ4v) is 2.97. The zero-order chi connectivity index (χ0) is 11.0. The van der Waals surface area contributed by atoms with Gasteiger partial charge < -0.3 is 5.32 Å². The Balaban J connectivity index is 1.71. The molecule has 0 aliphatic heterocycles. The number of thiazole rings is 1. The van der Waals surface area contributed by atoms with E-state index < -0.39 is 0 Å². The minimum absolute atomic E-state index is 0.781. The molecule has 0 radical (unpaired) electrons. The third kappa shape index (κ3) is 2.37. The van der Waals surface area contributed by atoms with Crippen molar-refractivity contribution in [2.45, 2.75) is 25.3 Å². The van der Waals surface area contributed by atoms with Crippen LogP contribution in [0.5, 0.6) is 0 Å². The SMILES string of the molecule is Clc1ccc2nc(CCNC3CC3)sc2c1. The van der Waals surface area contributed by atoms with Gasteiger partial charge in [0.1, 0.15) is 0 Å². The molecule has 1 aliphatic rings. The molecular weight excluding hydrogens is 240 g/mol. The zero-order valence-corrected chi connectivity index (χ0v) is 10.4. The van der Waals surface area contributed by atoms with Gasteiger partial charge in [-0.3, -0.25) is 0 Å². The lowest BCUT2D eigenvalue weighted by Crippen LogP contribution is -2.19. The van der Waals surface area contributed by atoms with Gasteiger partial charge in [0.05, 0.1) is 15.2 Å². The molecule has 2 aromatic rings. The number of rotatable bonds is 4. The summed E-state index contributed by atoms with van der Waals surface area (Å²) in [5, 5.41) is 5.49. The van der Waals surface area contributed by atoms with Gasteiger partial charge in [-0.15, -0.1) is 11.3 Å². The van der Waals surface area contributed by atoms with E-state index in [2.05, 4.69) is 10.3 Å². The Hall–Kier alpha value is -0.640. The quantitative estimate of drug-likeness (QED) is 0.904. The van der Waals surface area contributed by atoms with Gasteiger partial charge in [0.15, 0.2) is 0 Å². The minimum Gasteiger partial charge on any atom is -0.314 e. The molecule has 84 valence electrons. The van der Waals surface area contributed by atoms with Crippen molar-refractivity contribution in [3.8, 4) is 0 Å². The van der Waals surface area contributed by atoms with Crippen LogP contribution in [0.3, 0.4) is 0 Å². The number of halogens is 1. The molecule has 1 aromatic heterocycles. The van der Waals surface area contributed by atoms with Gasteiger partial charge >= 0.3 is 0 Å². The van der Waals surface area contributed by atoms with Crippen LogP contribution in [0, 0.1) is 0 Å². The predicted molar refractivity (Wildman–Crippen MR) is 69.4 cm³/mol. The fourth-order valence-electron chi connectivity index (χ4n) is 1.72. The average molecular weight is 253 g/mol. The average Bonchev–Trinajstić information content (AvgIpc) is 2.98. The number of aromatic nitrogens is 1. The minimum atomic E-state index is 0.781. The van der Waals surface area contributed by atoms with Crippen molar-refractivity contribution in [2.75, 3.05) is 6.54 Å². The van der Waals surface area contributed by atoms with Gasteiger partial charge in [0.25, 0.3) is 0 Å². The summed E-state index contributed by atoms with van der Waals surface area (Å²) >= 11 is 7.70. The normalized spacial score (nSPS) is 15.8. The molecule has 1 aliphatic carbocycles. The van der Waals surface area contributed by atoms with Crippen LogP contribution in [-0.4, -0.2) is 17.6 Å². The van der Waals surface area contributed by atoms with E-state index in [0.717, 1.165) is 29.5 Å². The summed E-state index contributed by atoms with van der Waals surface area (Å²) < 4.78 is 1.19. The topological polar surface area (TPSA) is 24.9 Å². The lowest BCUT2D eigenvalue weighted by Gasteiger charge is -1.98. The number of fused-ring (bicyclic) bond motifs is 1. The highest BCUT2D eigenvalue weighted by atomic mass is 35.5. The van der Waals surface area contributed by atoms with Crippen LogP contribution in [0.25, 0.3) is 10.2 Å². The van der Waals surface area contributed by atoms with Crippen LogP contribution in [0.1, 0.15) is 17.8 Å². The van der Waals surface area contributed by atoms with Crippen molar-refractivity contribution in [2.24, 2.45) is 0 Å². The van der Waals surface area contributed by atoms with Crippen LogP contribution in [-0.2, 0) is 6.42 Å². The molecule has 1 saturated carbocycles. The summed E-state index contributed by atoms with van der Waals surface area (Å²) in [5.74, 6) is 0. The largest absolute Gasteiger partial charge is 0.314 e. The summed E-state index contributed by atoms with van der Waals surface area (Å²) in [5.41, 5.74) is 1.07. The van der Waals surface area contributed by atoms with Crippen molar-refractivity contribution >= 4 is 33.2 Å². The molecule has 16 heavy (non-hydrogen) atoms. The molecule has 1 aromatic carbocycles. The van der Waals surface area contributed by atoms with E-state index in [1.54, 1.807) is 11.3 Å². The van der Waals surface area contributed by atoms with E-state index in [4.69, 9.17) is 11.6 Å². The monoisotopic (exact) mass is 252 g/mol. The summed E-state index contributed by atoms with van der Waals surface area (Å²) in [7, 11) is 0. The Morgan fingerprint density at radius 3 is 3.12 bits per heavy atom. The second-order valence-corrected chi connectivity index (χ2v) is 5.75. The maximum atomic E-state index is 5.95. The van der Waals surface area contributed by atoms with Gasteiger partial charge in [-0.1, -0.05) is 11.6 Å². The fraction of sp³-hybridized carbons (Fsp3) is 0.417. The van der Waals surface area contributed by atoms with Crippen LogP contribution < -0.4 is 5.32 Å². The third-order valence-electron chi connectivity index (χ3n) is 2.74. The predicted octanol–water partition coefficient (Wildman–Crippen LogP) is 3.24. The number of benzene rings is 1. The van der Waals surface area contributed by atoms with Gasteiger partial charge in [-0.05, 0) is 31.0 Å². The molecule has 0 unspecified atom stereocenters. The van der Waals surface area contributed by atoms with Gasteiger partial charge in [-0.2, -0.15) is 0 Å². The van der Waals surface area contributed by atoms with E-state index in [1.165, 1.54) is 22.5 Å². The Bertz CT molecular complexity index is 505. The molecule has 3 rings (SSSR count). The van der Waals surface area contributed by atoms with Crippen LogP contribution in [0.4, 0.5) is 0 Å². The summed E-state index contributed by atoms with van der Waals surface area (Å²) in [6.07, 6.45) is 3.71. The van der Waals surface area contributed by atoms with Crippen molar-refractivity contribution in [1.29, 1.82) is 0 Å². The highest BCUT2D eigenvalue weighted by Crippen LogP contribution is 2.25. The van der Waals surface area contributed by atoms with Gasteiger partial charge in [0.2, 0.25) is 0 Å². The van der Waals surface area contributed by atoms with E-state index in [0.29, 0.717) is 0 Å². The zero-order valence-electron chi connectivity index (χ0n) is 8.87. The van der Waals surface area contributed by atoms with E-state index in [-0.39, 0.29) is 0 Å². The smallest absolute Gasteiger partial charge is 0.0951 e. The molecule has 1 heterocycles. The Morgan fingerprint density at radius 2 is 2.31 bits per heavy atom. The molecule has 2 nitrogen and oxygen atoms in total. The van der Waals surface area contributed by atoms with Crippen molar-refractivity contribution in [3.63, 3.8) is 0 Å². The Labute approximate surface area is 104 Å². The molecule has 0 atom stereocenters. The Kier molecular flexibility index (Phi) is 2.84. The second kappa shape index (κ2) is 4.32. The van der Waals surface area contributed by atoms with Gasteiger partial charge in [0, 0.05) is 24.0 Å². The third-order valence-corrected chi connectivity index (χ3v) is 4.06. The molecular formula is C12H13ClN2S. The van der Waals surface area contributed by atoms with Crippen molar-refractivity contribution < 1.29 is 0 Å². The van der Waals surface area contributed by atoms with E-state index in [1.807, 2.05) is 18.2 Å². The molecule has 1 N–H and O–H groups in total. The molecule has 0 bridgehead atoms. The van der Waals surface area contributed by atoms with E-state index >= 15 is 0 Å². The maximum Gasteiger partial charge on any atom is 0.0951 e. The first kappa shape index (κ1) is 10.5.